The number of allylic oxidation sites excluding steroid dienone is 6. The summed E-state index contributed by atoms with van der Waals surface area (Å²) in [7, 11) is 0. The van der Waals surface area contributed by atoms with Crippen molar-refractivity contribution in [2.75, 3.05) is 19.8 Å². The van der Waals surface area contributed by atoms with E-state index in [1.165, 1.54) is 238 Å². The number of unbranched alkanes of at least 4 members (excludes halogenated alkanes) is 40. The molecule has 0 aliphatic heterocycles. The number of carbonyl (C=O) groups is 2. The first-order chi connectivity index (χ1) is 33.6. The van der Waals surface area contributed by atoms with E-state index in [4.69, 9.17) is 14.2 Å². The average Bonchev–Trinajstić information content (AvgIpc) is 3.34. The molecule has 5 heteroatoms. The van der Waals surface area contributed by atoms with Crippen LogP contribution in [0.4, 0.5) is 0 Å². The van der Waals surface area contributed by atoms with Crippen molar-refractivity contribution >= 4 is 11.9 Å². The van der Waals surface area contributed by atoms with Crippen LogP contribution in [0.25, 0.3) is 0 Å². The van der Waals surface area contributed by atoms with Gasteiger partial charge in [0, 0.05) is 19.4 Å². The maximum Gasteiger partial charge on any atom is 0.306 e. The van der Waals surface area contributed by atoms with E-state index < -0.39 is 6.10 Å². The Morgan fingerprint density at radius 2 is 0.618 bits per heavy atom. The first kappa shape index (κ1) is 66.1. The third kappa shape index (κ3) is 56.7. The third-order valence-corrected chi connectivity index (χ3v) is 13.6. The van der Waals surface area contributed by atoms with E-state index in [1.807, 2.05) is 0 Å². The molecule has 0 radical (unpaired) electrons. The molecule has 5 nitrogen and oxygen atoms in total. The van der Waals surface area contributed by atoms with Gasteiger partial charge < -0.3 is 14.2 Å². The fourth-order valence-corrected chi connectivity index (χ4v) is 9.07. The fourth-order valence-electron chi connectivity index (χ4n) is 9.07. The third-order valence-electron chi connectivity index (χ3n) is 13.6. The molecular formula is C63H118O5. The summed E-state index contributed by atoms with van der Waals surface area (Å²) in [4.78, 5) is 25.5. The van der Waals surface area contributed by atoms with Gasteiger partial charge in [-0.05, 0) is 77.0 Å². The number of esters is 2. The SMILES string of the molecule is CCCCC/C=C\C/C=C\CCCCCCCCCCCCOCC(COC(=O)CCCCCCCCCCCCCCCCCCCCC)OC(=O)CCCCCCC/C=C\CCCCCC. The van der Waals surface area contributed by atoms with Crippen LogP contribution < -0.4 is 0 Å². The zero-order valence-electron chi connectivity index (χ0n) is 46.1. The Hall–Kier alpha value is -1.88. The van der Waals surface area contributed by atoms with Crippen LogP contribution in [0.2, 0.25) is 0 Å². The van der Waals surface area contributed by atoms with Gasteiger partial charge in [0.05, 0.1) is 6.61 Å². The quantitative estimate of drug-likeness (QED) is 0.0345. The highest BCUT2D eigenvalue weighted by molar-refractivity contribution is 5.70. The molecule has 0 amide bonds. The molecule has 0 aromatic heterocycles. The minimum Gasteiger partial charge on any atom is -0.462 e. The lowest BCUT2D eigenvalue weighted by Gasteiger charge is -2.18. The number of hydrogen-bond donors (Lipinski definition) is 0. The summed E-state index contributed by atoms with van der Waals surface area (Å²) >= 11 is 0. The summed E-state index contributed by atoms with van der Waals surface area (Å²) in [6.45, 7) is 7.84. The molecule has 0 saturated heterocycles. The van der Waals surface area contributed by atoms with Crippen molar-refractivity contribution in [1.82, 2.24) is 0 Å². The van der Waals surface area contributed by atoms with Crippen LogP contribution in [0.5, 0.6) is 0 Å². The topological polar surface area (TPSA) is 61.8 Å². The Morgan fingerprint density at radius 3 is 1.03 bits per heavy atom. The van der Waals surface area contributed by atoms with Crippen molar-refractivity contribution in [2.45, 2.75) is 335 Å². The summed E-state index contributed by atoms with van der Waals surface area (Å²) in [5.74, 6) is -0.388. The van der Waals surface area contributed by atoms with Crippen molar-refractivity contribution < 1.29 is 23.8 Å². The van der Waals surface area contributed by atoms with Gasteiger partial charge >= 0.3 is 11.9 Å². The second-order valence-electron chi connectivity index (χ2n) is 20.6. The zero-order valence-corrected chi connectivity index (χ0v) is 46.1. The predicted octanol–water partition coefficient (Wildman–Crippen LogP) is 20.9. The molecule has 0 bridgehead atoms. The van der Waals surface area contributed by atoms with Crippen LogP contribution in [-0.4, -0.2) is 37.9 Å². The average molecular weight is 956 g/mol. The highest BCUT2D eigenvalue weighted by atomic mass is 16.6. The van der Waals surface area contributed by atoms with Gasteiger partial charge in [-0.1, -0.05) is 276 Å². The molecule has 0 rings (SSSR count). The van der Waals surface area contributed by atoms with Gasteiger partial charge in [0.2, 0.25) is 0 Å². The van der Waals surface area contributed by atoms with Gasteiger partial charge in [0.1, 0.15) is 6.61 Å². The highest BCUT2D eigenvalue weighted by Crippen LogP contribution is 2.17. The number of ether oxygens (including phenoxy) is 3. The van der Waals surface area contributed by atoms with Crippen LogP contribution in [0, 0.1) is 0 Å². The minimum absolute atomic E-state index is 0.0867. The van der Waals surface area contributed by atoms with Crippen molar-refractivity contribution in [3.8, 4) is 0 Å². The molecule has 68 heavy (non-hydrogen) atoms. The van der Waals surface area contributed by atoms with E-state index in [-0.39, 0.29) is 25.2 Å². The smallest absolute Gasteiger partial charge is 0.306 e. The summed E-state index contributed by atoms with van der Waals surface area (Å²) in [5, 5.41) is 0. The monoisotopic (exact) mass is 955 g/mol. The molecular weight excluding hydrogens is 837 g/mol. The molecule has 0 heterocycles. The van der Waals surface area contributed by atoms with E-state index in [0.717, 1.165) is 57.8 Å². The van der Waals surface area contributed by atoms with Gasteiger partial charge in [-0.25, -0.2) is 0 Å². The number of carbonyl (C=O) groups excluding carboxylic acids is 2. The van der Waals surface area contributed by atoms with Crippen LogP contribution in [0.15, 0.2) is 36.5 Å². The summed E-state index contributed by atoms with van der Waals surface area (Å²) in [5.41, 5.74) is 0. The predicted molar refractivity (Wildman–Crippen MR) is 298 cm³/mol. The first-order valence-electron chi connectivity index (χ1n) is 30.5. The largest absolute Gasteiger partial charge is 0.462 e. The van der Waals surface area contributed by atoms with Crippen molar-refractivity contribution in [3.63, 3.8) is 0 Å². The Labute approximate surface area is 425 Å². The van der Waals surface area contributed by atoms with E-state index in [9.17, 15) is 9.59 Å². The maximum atomic E-state index is 12.9. The molecule has 1 atom stereocenters. The first-order valence-corrected chi connectivity index (χ1v) is 30.5. The second kappa shape index (κ2) is 59.4. The lowest BCUT2D eigenvalue weighted by Crippen LogP contribution is -2.30. The van der Waals surface area contributed by atoms with Crippen LogP contribution in [0.1, 0.15) is 329 Å². The second-order valence-corrected chi connectivity index (χ2v) is 20.6. The lowest BCUT2D eigenvalue weighted by atomic mass is 10.0. The molecule has 0 fully saturated rings. The van der Waals surface area contributed by atoms with Gasteiger partial charge in [-0.15, -0.1) is 0 Å². The van der Waals surface area contributed by atoms with E-state index in [2.05, 4.69) is 57.2 Å². The number of rotatable bonds is 57. The highest BCUT2D eigenvalue weighted by Gasteiger charge is 2.17. The maximum absolute atomic E-state index is 12.9. The van der Waals surface area contributed by atoms with E-state index in [1.54, 1.807) is 0 Å². The van der Waals surface area contributed by atoms with E-state index >= 15 is 0 Å². The van der Waals surface area contributed by atoms with E-state index in [0.29, 0.717) is 19.4 Å². The number of hydrogen-bond acceptors (Lipinski definition) is 5. The van der Waals surface area contributed by atoms with Crippen molar-refractivity contribution in [3.05, 3.63) is 36.5 Å². The molecule has 0 aliphatic carbocycles. The molecule has 0 aromatic carbocycles. The molecule has 0 N–H and O–H groups in total. The van der Waals surface area contributed by atoms with Crippen LogP contribution >= 0.6 is 0 Å². The lowest BCUT2D eigenvalue weighted by molar-refractivity contribution is -0.163. The fraction of sp³-hybridized carbons (Fsp3) is 0.873. The molecule has 0 aliphatic rings. The Balaban J connectivity index is 4.19. The summed E-state index contributed by atoms with van der Waals surface area (Å²) in [6.07, 6.45) is 73.2. The molecule has 0 saturated carbocycles. The van der Waals surface area contributed by atoms with Crippen molar-refractivity contribution in [2.24, 2.45) is 0 Å². The van der Waals surface area contributed by atoms with Crippen LogP contribution in [0.3, 0.4) is 0 Å². The zero-order chi connectivity index (χ0) is 49.2. The minimum atomic E-state index is -0.538. The molecule has 0 spiro atoms. The molecule has 400 valence electrons. The Morgan fingerprint density at radius 1 is 0.324 bits per heavy atom. The Kier molecular flexibility index (Phi) is 57.8. The van der Waals surface area contributed by atoms with Gasteiger partial charge in [0.25, 0.3) is 0 Å². The standard InChI is InChI=1S/C63H118O5/c1-4-7-10-13-16-19-22-25-27-29-31-33-35-37-40-43-46-49-52-55-58-66-59-61(68-63(65)57-54-51-48-45-42-38-24-21-18-15-12-9-6-3)60-67-62(64)56-53-50-47-44-41-39-36-34-32-30-28-26-23-20-17-14-11-8-5-2/h16,19,21,24-25,27,61H,4-15,17-18,20,22-23,26,28-60H2,1-3H3/b19-16-,24-21-,27-25-. The Bertz CT molecular complexity index is 1080. The molecule has 0 aromatic rings. The van der Waals surface area contributed by atoms with Gasteiger partial charge in [-0.3, -0.25) is 9.59 Å². The van der Waals surface area contributed by atoms with Gasteiger partial charge in [-0.2, -0.15) is 0 Å². The normalized spacial score (nSPS) is 12.3. The summed E-state index contributed by atoms with van der Waals surface area (Å²) < 4.78 is 17.5. The summed E-state index contributed by atoms with van der Waals surface area (Å²) in [6, 6.07) is 0. The van der Waals surface area contributed by atoms with Crippen molar-refractivity contribution in [1.29, 1.82) is 0 Å². The van der Waals surface area contributed by atoms with Gasteiger partial charge in [0.15, 0.2) is 6.10 Å². The molecule has 1 unspecified atom stereocenters. The van der Waals surface area contributed by atoms with Crippen LogP contribution in [-0.2, 0) is 23.8 Å².